The van der Waals surface area contributed by atoms with Gasteiger partial charge in [-0.25, -0.2) is 4.68 Å². The van der Waals surface area contributed by atoms with Crippen LogP contribution in [0.1, 0.15) is 75.3 Å². The number of nitrogens with zero attached hydrogens (tertiary/aromatic N) is 5. The van der Waals surface area contributed by atoms with Crippen molar-refractivity contribution in [2.75, 3.05) is 26.4 Å². The maximum absolute atomic E-state index is 13.2. The Labute approximate surface area is 209 Å². The van der Waals surface area contributed by atoms with Crippen LogP contribution in [0.2, 0.25) is 0 Å². The van der Waals surface area contributed by atoms with Crippen LogP contribution < -0.4 is 15.0 Å². The number of H-pyrrole nitrogens is 1. The van der Waals surface area contributed by atoms with Crippen LogP contribution in [0.25, 0.3) is 10.9 Å². The molecular weight excluding hydrogens is 460 g/mol. The molecule has 6 rings (SSSR count). The fourth-order valence-electron chi connectivity index (χ4n) is 5.91. The molecule has 1 aliphatic carbocycles. The lowest BCUT2D eigenvalue weighted by atomic mass is 10.1. The van der Waals surface area contributed by atoms with Crippen LogP contribution >= 0.6 is 0 Å². The lowest BCUT2D eigenvalue weighted by molar-refractivity contribution is 0.0484. The Bertz CT molecular complexity index is 1260. The Hall–Kier alpha value is -2.98. The number of pyridine rings is 1. The molecule has 0 amide bonds. The van der Waals surface area contributed by atoms with E-state index in [1.54, 1.807) is 0 Å². The van der Waals surface area contributed by atoms with E-state index < -0.39 is 0 Å². The van der Waals surface area contributed by atoms with Crippen molar-refractivity contribution in [3.8, 4) is 11.5 Å². The molecule has 3 aromatic rings. The van der Waals surface area contributed by atoms with Gasteiger partial charge >= 0.3 is 0 Å². The zero-order valence-corrected chi connectivity index (χ0v) is 20.8. The minimum absolute atomic E-state index is 0.0137. The summed E-state index contributed by atoms with van der Waals surface area (Å²) in [5, 5.41) is 13.9. The summed E-state index contributed by atoms with van der Waals surface area (Å²) >= 11 is 0. The molecule has 1 aromatic carbocycles. The average Bonchev–Trinajstić information content (AvgIpc) is 3.67. The molecule has 36 heavy (non-hydrogen) atoms. The Morgan fingerprint density at radius 1 is 1.08 bits per heavy atom. The van der Waals surface area contributed by atoms with Crippen LogP contribution in [0.4, 0.5) is 0 Å². The van der Waals surface area contributed by atoms with E-state index in [0.717, 1.165) is 62.0 Å². The minimum Gasteiger partial charge on any atom is -0.486 e. The van der Waals surface area contributed by atoms with E-state index in [1.165, 1.54) is 12.8 Å². The molecule has 10 nitrogen and oxygen atoms in total. The maximum atomic E-state index is 13.2. The summed E-state index contributed by atoms with van der Waals surface area (Å²) in [5.74, 6) is 2.27. The summed E-state index contributed by atoms with van der Waals surface area (Å²) < 4.78 is 19.5. The molecule has 2 atom stereocenters. The molecule has 2 unspecified atom stereocenters. The summed E-state index contributed by atoms with van der Waals surface area (Å²) in [7, 11) is 0. The van der Waals surface area contributed by atoms with Crippen molar-refractivity contribution in [1.29, 1.82) is 0 Å². The van der Waals surface area contributed by atoms with Crippen molar-refractivity contribution in [3.63, 3.8) is 0 Å². The van der Waals surface area contributed by atoms with Crippen LogP contribution in [-0.4, -0.2) is 62.6 Å². The number of fused-ring (bicyclic) bond motifs is 2. The van der Waals surface area contributed by atoms with E-state index in [4.69, 9.17) is 14.2 Å². The number of hydrogen-bond acceptors (Lipinski definition) is 8. The number of aromatic nitrogens is 5. The summed E-state index contributed by atoms with van der Waals surface area (Å²) in [6.45, 7) is 5.20. The van der Waals surface area contributed by atoms with Gasteiger partial charge in [-0.3, -0.25) is 9.69 Å². The SMILES string of the molecule is CCC(c1nnnn1C1CCCC1)N(Cc1cc2cc3c(cc2[nH]c1=O)OCCO3)CC1CCCO1. The Morgan fingerprint density at radius 3 is 2.64 bits per heavy atom. The van der Waals surface area contributed by atoms with Crippen molar-refractivity contribution in [2.24, 2.45) is 0 Å². The van der Waals surface area contributed by atoms with Crippen LogP contribution in [0, 0.1) is 0 Å². The highest BCUT2D eigenvalue weighted by Gasteiger charge is 2.32. The van der Waals surface area contributed by atoms with E-state index in [2.05, 4.69) is 32.3 Å². The summed E-state index contributed by atoms with van der Waals surface area (Å²) in [6.07, 6.45) is 7.73. The van der Waals surface area contributed by atoms with Gasteiger partial charge < -0.3 is 19.2 Å². The minimum atomic E-state index is -0.0956. The Balaban J connectivity index is 1.34. The number of hydrogen-bond donors (Lipinski definition) is 1. The zero-order valence-electron chi connectivity index (χ0n) is 20.8. The molecule has 0 spiro atoms. The molecule has 3 aliphatic rings. The number of benzene rings is 1. The number of tetrazole rings is 1. The van der Waals surface area contributed by atoms with Crippen LogP contribution in [0.15, 0.2) is 23.0 Å². The van der Waals surface area contributed by atoms with Crippen molar-refractivity contribution < 1.29 is 14.2 Å². The van der Waals surface area contributed by atoms with Crippen molar-refractivity contribution in [2.45, 2.75) is 76.6 Å². The standard InChI is InChI=1S/C26H34N6O4/c1-2-22(25-28-29-30-32(25)19-6-3-4-7-19)31(16-20-8-5-9-34-20)15-18-12-17-13-23-24(36-11-10-35-23)14-21(17)27-26(18)33/h12-14,19-20,22H,2-11,15-16H2,1H3,(H,27,33). The molecule has 2 fully saturated rings. The van der Waals surface area contributed by atoms with Gasteiger partial charge in [-0.15, -0.1) is 5.10 Å². The smallest absolute Gasteiger partial charge is 0.252 e. The van der Waals surface area contributed by atoms with E-state index in [0.29, 0.717) is 42.9 Å². The van der Waals surface area contributed by atoms with Crippen LogP contribution in [-0.2, 0) is 11.3 Å². The molecule has 1 N–H and O–H groups in total. The molecule has 0 bridgehead atoms. The Kier molecular flexibility index (Phi) is 6.62. The fraction of sp³-hybridized carbons (Fsp3) is 0.615. The molecule has 0 radical (unpaired) electrons. The van der Waals surface area contributed by atoms with Crippen LogP contribution in [0.3, 0.4) is 0 Å². The van der Waals surface area contributed by atoms with Gasteiger partial charge in [-0.2, -0.15) is 0 Å². The highest BCUT2D eigenvalue weighted by Crippen LogP contribution is 2.35. The van der Waals surface area contributed by atoms with Crippen LogP contribution in [0.5, 0.6) is 11.5 Å². The fourth-order valence-corrected chi connectivity index (χ4v) is 5.91. The first-order valence-corrected chi connectivity index (χ1v) is 13.3. The predicted molar refractivity (Wildman–Crippen MR) is 133 cm³/mol. The van der Waals surface area contributed by atoms with Gasteiger partial charge in [0.25, 0.3) is 5.56 Å². The van der Waals surface area contributed by atoms with E-state index in [1.807, 2.05) is 22.9 Å². The quantitative estimate of drug-likeness (QED) is 0.507. The third-order valence-corrected chi connectivity index (χ3v) is 7.73. The van der Waals surface area contributed by atoms with Gasteiger partial charge in [0.05, 0.1) is 23.7 Å². The van der Waals surface area contributed by atoms with Crippen molar-refractivity contribution >= 4 is 10.9 Å². The number of aromatic amines is 1. The third-order valence-electron chi connectivity index (χ3n) is 7.73. The molecule has 10 heteroatoms. The van der Waals surface area contributed by atoms with Crippen molar-refractivity contribution in [3.05, 3.63) is 39.9 Å². The van der Waals surface area contributed by atoms with Gasteiger partial charge in [-0.05, 0) is 54.7 Å². The van der Waals surface area contributed by atoms with Gasteiger partial charge in [-0.1, -0.05) is 19.8 Å². The molecule has 192 valence electrons. The van der Waals surface area contributed by atoms with Gasteiger partial charge in [0.1, 0.15) is 13.2 Å². The molecule has 2 aromatic heterocycles. The van der Waals surface area contributed by atoms with E-state index >= 15 is 0 Å². The zero-order chi connectivity index (χ0) is 24.5. The second-order valence-corrected chi connectivity index (χ2v) is 10.1. The van der Waals surface area contributed by atoms with Gasteiger partial charge in [0.15, 0.2) is 17.3 Å². The predicted octanol–water partition coefficient (Wildman–Crippen LogP) is 3.53. The number of rotatable bonds is 8. The highest BCUT2D eigenvalue weighted by molar-refractivity contribution is 5.83. The topological polar surface area (TPSA) is 107 Å². The summed E-state index contributed by atoms with van der Waals surface area (Å²) in [4.78, 5) is 18.6. The molecule has 1 saturated carbocycles. The summed E-state index contributed by atoms with van der Waals surface area (Å²) in [5.41, 5.74) is 1.35. The maximum Gasteiger partial charge on any atom is 0.252 e. The second-order valence-electron chi connectivity index (χ2n) is 10.1. The van der Waals surface area contributed by atoms with Gasteiger partial charge in [0, 0.05) is 36.7 Å². The molecular formula is C26H34N6O4. The normalized spacial score (nSPS) is 21.0. The molecule has 4 heterocycles. The Morgan fingerprint density at radius 2 is 1.89 bits per heavy atom. The first-order chi connectivity index (χ1) is 17.7. The molecule has 2 aliphatic heterocycles. The first-order valence-electron chi connectivity index (χ1n) is 13.3. The number of ether oxygens (including phenoxy) is 3. The number of nitrogens with one attached hydrogen (secondary N) is 1. The van der Waals surface area contributed by atoms with Crippen molar-refractivity contribution in [1.82, 2.24) is 30.1 Å². The van der Waals surface area contributed by atoms with Gasteiger partial charge in [0.2, 0.25) is 0 Å². The monoisotopic (exact) mass is 494 g/mol. The van der Waals surface area contributed by atoms with E-state index in [-0.39, 0.29) is 17.7 Å². The third kappa shape index (κ3) is 4.59. The summed E-state index contributed by atoms with van der Waals surface area (Å²) in [6, 6.07) is 6.11. The average molecular weight is 495 g/mol. The molecule has 1 saturated heterocycles. The second kappa shape index (κ2) is 10.2. The largest absolute Gasteiger partial charge is 0.486 e. The highest BCUT2D eigenvalue weighted by atomic mass is 16.6. The first kappa shape index (κ1) is 23.4. The lowest BCUT2D eigenvalue weighted by Gasteiger charge is -2.32. The van der Waals surface area contributed by atoms with E-state index in [9.17, 15) is 4.79 Å². The lowest BCUT2D eigenvalue weighted by Crippen LogP contribution is -2.38.